The first-order valence-corrected chi connectivity index (χ1v) is 9.16. The number of piperidine rings is 1. The molecule has 1 aliphatic heterocycles. The summed E-state index contributed by atoms with van der Waals surface area (Å²) in [5.41, 5.74) is 0.236. The smallest absolute Gasteiger partial charge is 0.326 e. The summed E-state index contributed by atoms with van der Waals surface area (Å²) in [6.07, 6.45) is 4.09. The van der Waals surface area contributed by atoms with Crippen LogP contribution in [0.5, 0.6) is 0 Å². The lowest BCUT2D eigenvalue weighted by atomic mass is 9.86. The second kappa shape index (κ2) is 7.53. The Morgan fingerprint density at radius 2 is 2.00 bits per heavy atom. The summed E-state index contributed by atoms with van der Waals surface area (Å²) in [7, 11) is 0. The van der Waals surface area contributed by atoms with E-state index in [4.69, 9.17) is 4.74 Å². The SMILES string of the molecule is CCOC(=O)C1(C#N)CCC(N2CCC(c3ccc(F)cc3)CC2)C1. The summed E-state index contributed by atoms with van der Waals surface area (Å²) in [6.45, 7) is 4.00. The number of halogens is 1. The molecule has 2 fully saturated rings. The molecule has 0 radical (unpaired) electrons. The zero-order valence-electron chi connectivity index (χ0n) is 14.7. The number of esters is 1. The fourth-order valence-corrected chi connectivity index (χ4v) is 4.27. The zero-order chi connectivity index (χ0) is 17.9. The van der Waals surface area contributed by atoms with Gasteiger partial charge < -0.3 is 9.64 Å². The number of hydrogen-bond acceptors (Lipinski definition) is 4. The molecule has 1 aliphatic carbocycles. The minimum Gasteiger partial charge on any atom is -0.465 e. The standard InChI is InChI=1S/C20H25FN2O2/c1-2-25-19(24)20(14-22)10-7-18(13-20)23-11-8-16(9-12-23)15-3-5-17(21)6-4-15/h3-6,16,18H,2,7-13H2,1H3. The number of carbonyl (C=O) groups excluding carboxylic acids is 1. The van der Waals surface area contributed by atoms with Gasteiger partial charge in [-0.1, -0.05) is 12.1 Å². The third-order valence-electron chi connectivity index (χ3n) is 5.76. The summed E-state index contributed by atoms with van der Waals surface area (Å²) in [6, 6.07) is 9.33. The summed E-state index contributed by atoms with van der Waals surface area (Å²) >= 11 is 0. The van der Waals surface area contributed by atoms with Crippen molar-refractivity contribution in [1.82, 2.24) is 4.90 Å². The van der Waals surface area contributed by atoms with Gasteiger partial charge in [0, 0.05) is 6.04 Å². The predicted octanol–water partition coefficient (Wildman–Crippen LogP) is 3.63. The van der Waals surface area contributed by atoms with E-state index < -0.39 is 5.41 Å². The Bertz CT molecular complexity index is 647. The lowest BCUT2D eigenvalue weighted by Gasteiger charge is -2.36. The van der Waals surface area contributed by atoms with Crippen molar-refractivity contribution in [3.8, 4) is 6.07 Å². The molecule has 0 N–H and O–H groups in total. The van der Waals surface area contributed by atoms with Crippen molar-refractivity contribution in [1.29, 1.82) is 5.26 Å². The summed E-state index contributed by atoms with van der Waals surface area (Å²) < 4.78 is 18.2. The molecule has 1 aromatic carbocycles. The first kappa shape index (κ1) is 17.9. The van der Waals surface area contributed by atoms with Gasteiger partial charge in [0.15, 0.2) is 5.41 Å². The number of carbonyl (C=O) groups is 1. The van der Waals surface area contributed by atoms with Gasteiger partial charge in [0.1, 0.15) is 5.82 Å². The Morgan fingerprint density at radius 3 is 2.60 bits per heavy atom. The van der Waals surface area contributed by atoms with Gasteiger partial charge in [-0.2, -0.15) is 5.26 Å². The van der Waals surface area contributed by atoms with Crippen LogP contribution in [0.3, 0.4) is 0 Å². The van der Waals surface area contributed by atoms with Gasteiger partial charge >= 0.3 is 5.97 Å². The van der Waals surface area contributed by atoms with E-state index >= 15 is 0 Å². The Kier molecular flexibility index (Phi) is 5.39. The van der Waals surface area contributed by atoms with E-state index in [1.807, 2.05) is 12.1 Å². The van der Waals surface area contributed by atoms with E-state index in [1.54, 1.807) is 6.92 Å². The number of nitrogens with zero attached hydrogens (tertiary/aromatic N) is 2. The normalized spacial score (nSPS) is 27.8. The first-order valence-electron chi connectivity index (χ1n) is 9.16. The zero-order valence-corrected chi connectivity index (χ0v) is 14.7. The molecule has 0 aromatic heterocycles. The quantitative estimate of drug-likeness (QED) is 0.783. The highest BCUT2D eigenvalue weighted by molar-refractivity contribution is 5.80. The molecule has 2 unspecified atom stereocenters. The van der Waals surface area contributed by atoms with Crippen LogP contribution in [0.2, 0.25) is 0 Å². The monoisotopic (exact) mass is 344 g/mol. The van der Waals surface area contributed by atoms with Crippen LogP contribution in [-0.2, 0) is 9.53 Å². The highest BCUT2D eigenvalue weighted by atomic mass is 19.1. The number of rotatable bonds is 4. The van der Waals surface area contributed by atoms with Crippen molar-refractivity contribution >= 4 is 5.97 Å². The highest BCUT2D eigenvalue weighted by Gasteiger charge is 2.48. The van der Waals surface area contributed by atoms with Crippen LogP contribution >= 0.6 is 0 Å². The van der Waals surface area contributed by atoms with Gasteiger partial charge in [-0.15, -0.1) is 0 Å². The third-order valence-corrected chi connectivity index (χ3v) is 5.76. The molecule has 2 aliphatic rings. The molecule has 5 heteroatoms. The van der Waals surface area contributed by atoms with Crippen LogP contribution in [0.4, 0.5) is 4.39 Å². The molecule has 3 rings (SSSR count). The summed E-state index contributed by atoms with van der Waals surface area (Å²) in [5, 5.41) is 9.54. The lowest BCUT2D eigenvalue weighted by molar-refractivity contribution is -0.151. The molecular weight excluding hydrogens is 319 g/mol. The predicted molar refractivity (Wildman–Crippen MR) is 92.3 cm³/mol. The molecule has 0 amide bonds. The molecule has 25 heavy (non-hydrogen) atoms. The van der Waals surface area contributed by atoms with Gasteiger partial charge in [0.05, 0.1) is 12.7 Å². The van der Waals surface area contributed by atoms with E-state index in [2.05, 4.69) is 11.0 Å². The Labute approximate surface area is 148 Å². The van der Waals surface area contributed by atoms with Crippen molar-refractivity contribution < 1.29 is 13.9 Å². The maximum absolute atomic E-state index is 13.1. The lowest BCUT2D eigenvalue weighted by Crippen LogP contribution is -2.41. The Balaban J connectivity index is 1.58. The van der Waals surface area contributed by atoms with E-state index in [1.165, 1.54) is 17.7 Å². The topological polar surface area (TPSA) is 53.3 Å². The molecule has 1 saturated heterocycles. The Morgan fingerprint density at radius 1 is 1.32 bits per heavy atom. The molecule has 1 saturated carbocycles. The fourth-order valence-electron chi connectivity index (χ4n) is 4.27. The molecule has 1 aromatic rings. The van der Waals surface area contributed by atoms with Gasteiger partial charge in [0.2, 0.25) is 0 Å². The molecule has 2 atom stereocenters. The number of hydrogen-bond donors (Lipinski definition) is 0. The largest absolute Gasteiger partial charge is 0.465 e. The molecule has 1 heterocycles. The van der Waals surface area contributed by atoms with Crippen LogP contribution in [0.15, 0.2) is 24.3 Å². The second-order valence-electron chi connectivity index (χ2n) is 7.17. The van der Waals surface area contributed by atoms with Crippen molar-refractivity contribution in [2.45, 2.75) is 51.0 Å². The minimum absolute atomic E-state index is 0.195. The average Bonchev–Trinajstić information content (AvgIpc) is 3.09. The number of benzene rings is 1. The third kappa shape index (κ3) is 3.69. The van der Waals surface area contributed by atoms with Crippen molar-refractivity contribution in [3.63, 3.8) is 0 Å². The summed E-state index contributed by atoms with van der Waals surface area (Å²) in [4.78, 5) is 14.6. The van der Waals surface area contributed by atoms with Gasteiger partial charge in [-0.25, -0.2) is 4.39 Å². The van der Waals surface area contributed by atoms with E-state index in [0.29, 0.717) is 25.4 Å². The van der Waals surface area contributed by atoms with Gasteiger partial charge in [0.25, 0.3) is 0 Å². The van der Waals surface area contributed by atoms with Crippen LogP contribution in [0, 0.1) is 22.6 Å². The van der Waals surface area contributed by atoms with Gasteiger partial charge in [-0.3, -0.25) is 4.79 Å². The molecular formula is C20H25FN2O2. The molecule has 0 spiro atoms. The summed E-state index contributed by atoms with van der Waals surface area (Å²) in [5.74, 6) is -0.0933. The van der Waals surface area contributed by atoms with E-state index in [9.17, 15) is 14.4 Å². The van der Waals surface area contributed by atoms with Crippen LogP contribution < -0.4 is 0 Å². The maximum atomic E-state index is 13.1. The fraction of sp³-hybridized carbons (Fsp3) is 0.600. The van der Waals surface area contributed by atoms with E-state index in [-0.39, 0.29) is 17.8 Å². The van der Waals surface area contributed by atoms with Crippen molar-refractivity contribution in [2.24, 2.45) is 5.41 Å². The molecule has 134 valence electrons. The molecule has 0 bridgehead atoms. The Hall–Kier alpha value is -1.93. The highest BCUT2D eigenvalue weighted by Crippen LogP contribution is 2.42. The number of nitriles is 1. The van der Waals surface area contributed by atoms with Gasteiger partial charge in [-0.05, 0) is 75.7 Å². The van der Waals surface area contributed by atoms with Crippen molar-refractivity contribution in [3.05, 3.63) is 35.6 Å². The minimum atomic E-state index is -0.964. The van der Waals surface area contributed by atoms with Crippen molar-refractivity contribution in [2.75, 3.05) is 19.7 Å². The van der Waals surface area contributed by atoms with Crippen LogP contribution in [0.1, 0.15) is 50.5 Å². The number of likely N-dealkylation sites (tertiary alicyclic amines) is 1. The molecule has 4 nitrogen and oxygen atoms in total. The van der Waals surface area contributed by atoms with E-state index in [0.717, 1.165) is 32.4 Å². The van der Waals surface area contributed by atoms with Crippen LogP contribution in [-0.4, -0.2) is 36.6 Å². The second-order valence-corrected chi connectivity index (χ2v) is 7.17. The first-order chi connectivity index (χ1) is 12.1. The number of ether oxygens (including phenoxy) is 1. The maximum Gasteiger partial charge on any atom is 0.326 e. The average molecular weight is 344 g/mol. The van der Waals surface area contributed by atoms with Crippen LogP contribution in [0.25, 0.3) is 0 Å².